The Morgan fingerprint density at radius 3 is 2.75 bits per heavy atom. The van der Waals surface area contributed by atoms with Gasteiger partial charge in [0.25, 0.3) is 0 Å². The maximum absolute atomic E-state index is 6.18. The second-order valence-corrected chi connectivity index (χ2v) is 6.30. The topological polar surface area (TPSA) is 49.3 Å². The maximum Gasteiger partial charge on any atom is 0.191 e. The molecule has 2 N–H and O–H groups in total. The molecule has 0 bridgehead atoms. The molecule has 1 aromatic heterocycles. The number of aliphatic imine (C=N–C) groups is 1. The van der Waals surface area contributed by atoms with Crippen molar-refractivity contribution >= 4 is 29.2 Å². The molecule has 0 unspecified atom stereocenters. The number of guanidine groups is 1. The highest BCUT2D eigenvalue weighted by Gasteiger charge is 2.03. The molecule has 0 spiro atoms. The minimum Gasteiger partial charge on any atom is -0.356 e. The number of aromatic nitrogens is 1. The van der Waals surface area contributed by atoms with Gasteiger partial charge in [0.2, 0.25) is 0 Å². The van der Waals surface area contributed by atoms with Crippen molar-refractivity contribution < 1.29 is 0 Å². The first-order valence-electron chi connectivity index (χ1n) is 7.89. The van der Waals surface area contributed by atoms with Gasteiger partial charge >= 0.3 is 0 Å². The lowest BCUT2D eigenvalue weighted by molar-refractivity contribution is 0.736. The summed E-state index contributed by atoms with van der Waals surface area (Å²) in [6.07, 6.45) is 3.64. The second-order valence-electron chi connectivity index (χ2n) is 5.46. The molecule has 0 fully saturated rings. The van der Waals surface area contributed by atoms with Gasteiger partial charge in [-0.2, -0.15) is 0 Å². The Morgan fingerprint density at radius 2 is 2.04 bits per heavy atom. The van der Waals surface area contributed by atoms with Gasteiger partial charge in [0.05, 0.1) is 12.2 Å². The molecule has 0 saturated carbocycles. The Hall–Kier alpha value is -1.78. The third-order valence-electron chi connectivity index (χ3n) is 3.70. The maximum atomic E-state index is 6.18. The minimum atomic E-state index is 0.648. The lowest BCUT2D eigenvalue weighted by Crippen LogP contribution is -2.37. The highest BCUT2D eigenvalue weighted by molar-refractivity contribution is 6.35. The number of rotatable bonds is 6. The number of benzene rings is 1. The normalized spacial score (nSPS) is 11.4. The fourth-order valence-corrected chi connectivity index (χ4v) is 2.80. The predicted molar refractivity (Wildman–Crippen MR) is 102 cm³/mol. The van der Waals surface area contributed by atoms with Gasteiger partial charge in [0, 0.05) is 29.8 Å². The second kappa shape index (κ2) is 9.50. The smallest absolute Gasteiger partial charge is 0.191 e. The summed E-state index contributed by atoms with van der Waals surface area (Å²) in [5.41, 5.74) is 3.29. The van der Waals surface area contributed by atoms with Gasteiger partial charge in [0.15, 0.2) is 5.96 Å². The van der Waals surface area contributed by atoms with Gasteiger partial charge in [-0.25, -0.2) is 0 Å². The number of hydrogen-bond donors (Lipinski definition) is 2. The minimum absolute atomic E-state index is 0.648. The van der Waals surface area contributed by atoms with Crippen molar-refractivity contribution in [1.29, 1.82) is 0 Å². The molecule has 24 heavy (non-hydrogen) atoms. The van der Waals surface area contributed by atoms with Crippen LogP contribution in [0, 0.1) is 6.92 Å². The Balaban J connectivity index is 1.75. The zero-order chi connectivity index (χ0) is 17.4. The summed E-state index contributed by atoms with van der Waals surface area (Å²) in [5, 5.41) is 7.96. The van der Waals surface area contributed by atoms with Gasteiger partial charge < -0.3 is 10.6 Å². The summed E-state index contributed by atoms with van der Waals surface area (Å²) in [4.78, 5) is 8.60. The van der Waals surface area contributed by atoms with Crippen LogP contribution >= 0.6 is 23.2 Å². The first-order valence-corrected chi connectivity index (χ1v) is 8.64. The van der Waals surface area contributed by atoms with Crippen LogP contribution in [0.5, 0.6) is 0 Å². The van der Waals surface area contributed by atoms with Crippen LogP contribution in [0.15, 0.2) is 41.5 Å². The van der Waals surface area contributed by atoms with Crippen LogP contribution in [0.1, 0.15) is 23.2 Å². The number of halogens is 2. The van der Waals surface area contributed by atoms with Gasteiger partial charge in [-0.05, 0) is 49.1 Å². The van der Waals surface area contributed by atoms with Crippen molar-refractivity contribution in [3.8, 4) is 0 Å². The molecule has 0 radical (unpaired) electrons. The molecule has 1 heterocycles. The van der Waals surface area contributed by atoms with Crippen LogP contribution in [0.25, 0.3) is 0 Å². The summed E-state index contributed by atoms with van der Waals surface area (Å²) in [6, 6.07) is 9.61. The van der Waals surface area contributed by atoms with Crippen molar-refractivity contribution in [1.82, 2.24) is 15.6 Å². The first-order chi connectivity index (χ1) is 11.6. The number of pyridine rings is 1. The van der Waals surface area contributed by atoms with Gasteiger partial charge in [0.1, 0.15) is 0 Å². The molecule has 4 nitrogen and oxygen atoms in total. The van der Waals surface area contributed by atoms with Crippen LogP contribution in [0.3, 0.4) is 0 Å². The molecule has 0 saturated heterocycles. The number of hydrogen-bond acceptors (Lipinski definition) is 2. The van der Waals surface area contributed by atoms with Crippen LogP contribution in [-0.2, 0) is 13.0 Å². The molecule has 128 valence electrons. The summed E-state index contributed by atoms with van der Waals surface area (Å²) in [7, 11) is 1.76. The lowest BCUT2D eigenvalue weighted by atomic mass is 10.1. The van der Waals surface area contributed by atoms with Crippen molar-refractivity contribution in [2.24, 2.45) is 4.99 Å². The third-order valence-corrected chi connectivity index (χ3v) is 4.28. The monoisotopic (exact) mass is 364 g/mol. The van der Waals surface area contributed by atoms with E-state index in [9.17, 15) is 0 Å². The zero-order valence-electron chi connectivity index (χ0n) is 13.9. The molecule has 0 aliphatic heterocycles. The van der Waals surface area contributed by atoms with Crippen LogP contribution in [0.2, 0.25) is 10.0 Å². The molecular weight excluding hydrogens is 343 g/mol. The van der Waals surface area contributed by atoms with E-state index in [2.05, 4.69) is 33.6 Å². The third kappa shape index (κ3) is 5.69. The van der Waals surface area contributed by atoms with E-state index in [1.807, 2.05) is 18.2 Å². The highest BCUT2D eigenvalue weighted by atomic mass is 35.5. The standard InChI is InChI=1S/C18H22Cl2N4/c1-13-5-3-9-22-17(13)12-24-18(21-2)23-10-4-6-14-7-8-15(19)11-16(14)20/h3,5,7-9,11H,4,6,10,12H2,1-2H3,(H2,21,23,24). The molecule has 0 atom stereocenters. The zero-order valence-corrected chi connectivity index (χ0v) is 15.5. The summed E-state index contributed by atoms with van der Waals surface area (Å²) < 4.78 is 0. The molecule has 0 amide bonds. The molecule has 2 aromatic rings. The summed E-state index contributed by atoms with van der Waals surface area (Å²) in [5.74, 6) is 0.766. The Labute approximate surface area is 153 Å². The number of nitrogens with one attached hydrogen (secondary N) is 2. The molecule has 0 aliphatic rings. The van der Waals surface area contributed by atoms with Crippen LogP contribution in [-0.4, -0.2) is 24.5 Å². The van der Waals surface area contributed by atoms with Crippen molar-refractivity contribution in [3.05, 3.63) is 63.4 Å². The molecular formula is C18H22Cl2N4. The highest BCUT2D eigenvalue weighted by Crippen LogP contribution is 2.21. The van der Waals surface area contributed by atoms with Gasteiger partial charge in [-0.1, -0.05) is 35.3 Å². The van der Waals surface area contributed by atoms with Crippen LogP contribution < -0.4 is 10.6 Å². The quantitative estimate of drug-likeness (QED) is 0.462. The predicted octanol–water partition coefficient (Wildman–Crippen LogP) is 3.99. The van der Waals surface area contributed by atoms with Crippen molar-refractivity contribution in [2.45, 2.75) is 26.3 Å². The molecule has 1 aromatic carbocycles. The Morgan fingerprint density at radius 1 is 1.21 bits per heavy atom. The summed E-state index contributed by atoms with van der Waals surface area (Å²) in [6.45, 7) is 3.51. The van der Waals surface area contributed by atoms with Gasteiger partial charge in [-0.3, -0.25) is 9.98 Å². The average Bonchev–Trinajstić information content (AvgIpc) is 2.57. The first kappa shape index (κ1) is 18.6. The van der Waals surface area contributed by atoms with E-state index in [4.69, 9.17) is 23.2 Å². The lowest BCUT2D eigenvalue weighted by Gasteiger charge is -2.12. The fourth-order valence-electron chi connectivity index (χ4n) is 2.30. The average molecular weight is 365 g/mol. The van der Waals surface area contributed by atoms with E-state index in [0.717, 1.165) is 47.2 Å². The van der Waals surface area contributed by atoms with E-state index in [-0.39, 0.29) is 0 Å². The molecule has 6 heteroatoms. The van der Waals surface area contributed by atoms with E-state index < -0.39 is 0 Å². The number of nitrogens with zero attached hydrogens (tertiary/aromatic N) is 2. The van der Waals surface area contributed by atoms with Crippen molar-refractivity contribution in [3.63, 3.8) is 0 Å². The van der Waals surface area contributed by atoms with Crippen LogP contribution in [0.4, 0.5) is 0 Å². The van der Waals surface area contributed by atoms with E-state index in [0.29, 0.717) is 11.6 Å². The van der Waals surface area contributed by atoms with Crippen molar-refractivity contribution in [2.75, 3.05) is 13.6 Å². The van der Waals surface area contributed by atoms with E-state index in [1.54, 1.807) is 19.3 Å². The number of aryl methyl sites for hydroxylation is 2. The molecule has 2 rings (SSSR count). The Kier molecular flexibility index (Phi) is 7.35. The Bertz CT molecular complexity index is 701. The van der Waals surface area contributed by atoms with E-state index in [1.165, 1.54) is 0 Å². The fraction of sp³-hybridized carbons (Fsp3) is 0.333. The largest absolute Gasteiger partial charge is 0.356 e. The molecule has 0 aliphatic carbocycles. The van der Waals surface area contributed by atoms with E-state index >= 15 is 0 Å². The van der Waals surface area contributed by atoms with Gasteiger partial charge in [-0.15, -0.1) is 0 Å². The summed E-state index contributed by atoms with van der Waals surface area (Å²) >= 11 is 12.1. The SMILES string of the molecule is CN=C(NCCCc1ccc(Cl)cc1Cl)NCc1ncccc1C.